The predicted molar refractivity (Wildman–Crippen MR) is 35.1 cm³/mol. The highest BCUT2D eigenvalue weighted by Gasteiger charge is 1.98. The van der Waals surface area contributed by atoms with Crippen molar-refractivity contribution in [1.29, 1.82) is 0 Å². The van der Waals surface area contributed by atoms with Crippen molar-refractivity contribution in [1.82, 2.24) is 5.16 Å². The maximum atomic E-state index is 8.51. The first-order valence-electron chi connectivity index (χ1n) is 2.48. The van der Waals surface area contributed by atoms with Crippen LogP contribution in [0.25, 0.3) is 0 Å². The molecule has 1 rings (SSSR count). The van der Waals surface area contributed by atoms with Gasteiger partial charge in [-0.1, -0.05) is 21.1 Å². The number of rotatable bonds is 2. The first-order valence-corrected chi connectivity index (χ1v) is 3.60. The smallest absolute Gasteiger partial charge is 0.147 e. The summed E-state index contributed by atoms with van der Waals surface area (Å²) >= 11 is 3.18. The zero-order valence-electron chi connectivity index (χ0n) is 4.67. The summed E-state index contributed by atoms with van der Waals surface area (Å²) in [6.45, 7) is -0.0590. The van der Waals surface area contributed by atoms with Crippen molar-refractivity contribution in [3.8, 4) is 0 Å². The van der Waals surface area contributed by atoms with Gasteiger partial charge >= 0.3 is 0 Å². The van der Waals surface area contributed by atoms with Crippen LogP contribution in [0, 0.1) is 0 Å². The van der Waals surface area contributed by atoms with E-state index in [0.717, 1.165) is 5.76 Å². The number of aliphatic hydroxyl groups excluding tert-OH is 1. The van der Waals surface area contributed by atoms with Gasteiger partial charge < -0.3 is 9.63 Å². The van der Waals surface area contributed by atoms with E-state index in [1.165, 1.54) is 0 Å². The maximum absolute atomic E-state index is 8.51. The van der Waals surface area contributed by atoms with Crippen LogP contribution in [-0.2, 0) is 11.9 Å². The second kappa shape index (κ2) is 2.98. The average molecular weight is 192 g/mol. The van der Waals surface area contributed by atoms with Crippen LogP contribution >= 0.6 is 15.9 Å². The lowest BCUT2D eigenvalue weighted by Gasteiger charge is -1.76. The Morgan fingerprint density at radius 3 is 2.89 bits per heavy atom. The third kappa shape index (κ3) is 1.53. The summed E-state index contributed by atoms with van der Waals surface area (Å²) in [4.78, 5) is 0. The van der Waals surface area contributed by atoms with Crippen molar-refractivity contribution < 1.29 is 9.63 Å². The zero-order chi connectivity index (χ0) is 6.69. The van der Waals surface area contributed by atoms with E-state index < -0.39 is 0 Å². The summed E-state index contributed by atoms with van der Waals surface area (Å²) in [6, 6.07) is 1.70. The fourth-order valence-corrected chi connectivity index (χ4v) is 0.758. The predicted octanol–water partition coefficient (Wildman–Crippen LogP) is 1.06. The van der Waals surface area contributed by atoms with E-state index in [2.05, 4.69) is 21.1 Å². The van der Waals surface area contributed by atoms with E-state index in [0.29, 0.717) is 11.0 Å². The Labute approximate surface area is 60.8 Å². The molecule has 1 heterocycles. The molecule has 1 N–H and O–H groups in total. The Morgan fingerprint density at radius 1 is 1.78 bits per heavy atom. The fourth-order valence-electron chi connectivity index (χ4n) is 0.493. The molecule has 50 valence electrons. The Hall–Kier alpha value is -0.350. The first kappa shape index (κ1) is 6.77. The second-order valence-electron chi connectivity index (χ2n) is 1.58. The fraction of sp³-hybridized carbons (Fsp3) is 0.400. The van der Waals surface area contributed by atoms with Crippen LogP contribution in [0.4, 0.5) is 0 Å². The van der Waals surface area contributed by atoms with Crippen LogP contribution in [0.3, 0.4) is 0 Å². The van der Waals surface area contributed by atoms with Gasteiger partial charge in [-0.2, -0.15) is 0 Å². The number of halogens is 1. The standard InChI is InChI=1S/C5H6BrNO2/c6-2-5-1-4(3-8)7-9-5/h1,8H,2-3H2. The van der Waals surface area contributed by atoms with E-state index in [9.17, 15) is 0 Å². The molecule has 3 nitrogen and oxygen atoms in total. The molecular weight excluding hydrogens is 186 g/mol. The molecule has 0 aliphatic rings. The van der Waals surface area contributed by atoms with Crippen molar-refractivity contribution in [3.63, 3.8) is 0 Å². The molecule has 0 aromatic carbocycles. The highest BCUT2D eigenvalue weighted by atomic mass is 79.9. The largest absolute Gasteiger partial charge is 0.390 e. The Kier molecular flexibility index (Phi) is 2.24. The summed E-state index contributed by atoms with van der Waals surface area (Å²) in [6.07, 6.45) is 0. The third-order valence-corrected chi connectivity index (χ3v) is 1.45. The van der Waals surface area contributed by atoms with Gasteiger partial charge in [-0.3, -0.25) is 0 Å². The molecule has 9 heavy (non-hydrogen) atoms. The molecule has 0 atom stereocenters. The highest BCUT2D eigenvalue weighted by Crippen LogP contribution is 2.06. The second-order valence-corrected chi connectivity index (χ2v) is 2.14. The lowest BCUT2D eigenvalue weighted by molar-refractivity contribution is 0.265. The molecule has 0 spiro atoms. The minimum atomic E-state index is -0.0590. The van der Waals surface area contributed by atoms with Gasteiger partial charge in [0.15, 0.2) is 0 Å². The van der Waals surface area contributed by atoms with Gasteiger partial charge in [0.1, 0.15) is 11.5 Å². The van der Waals surface area contributed by atoms with Crippen LogP contribution in [0.1, 0.15) is 11.5 Å². The highest BCUT2D eigenvalue weighted by molar-refractivity contribution is 9.08. The van der Waals surface area contributed by atoms with Crippen LogP contribution in [0.15, 0.2) is 10.6 Å². The molecule has 0 bridgehead atoms. The number of hydrogen-bond donors (Lipinski definition) is 1. The summed E-state index contributed by atoms with van der Waals surface area (Å²) in [5.41, 5.74) is 0.574. The third-order valence-electron chi connectivity index (χ3n) is 0.901. The lowest BCUT2D eigenvalue weighted by atomic mass is 10.4. The summed E-state index contributed by atoms with van der Waals surface area (Å²) < 4.78 is 4.75. The molecule has 0 saturated carbocycles. The number of hydrogen-bond acceptors (Lipinski definition) is 3. The van der Waals surface area contributed by atoms with Gasteiger partial charge in [-0.05, 0) is 0 Å². The Bertz CT molecular complexity index is 168. The lowest BCUT2D eigenvalue weighted by Crippen LogP contribution is -1.78. The minimum Gasteiger partial charge on any atom is -0.390 e. The number of nitrogens with zero attached hydrogens (tertiary/aromatic N) is 1. The van der Waals surface area contributed by atoms with Crippen molar-refractivity contribution in [2.75, 3.05) is 0 Å². The summed E-state index contributed by atoms with van der Waals surface area (Å²) in [5.74, 6) is 0.735. The topological polar surface area (TPSA) is 46.3 Å². The Balaban J connectivity index is 2.74. The molecule has 0 aliphatic carbocycles. The van der Waals surface area contributed by atoms with Crippen LogP contribution in [0.2, 0.25) is 0 Å². The van der Waals surface area contributed by atoms with E-state index >= 15 is 0 Å². The quantitative estimate of drug-likeness (QED) is 0.712. The first-order chi connectivity index (χ1) is 4.36. The van der Waals surface area contributed by atoms with Gasteiger partial charge in [0.25, 0.3) is 0 Å². The van der Waals surface area contributed by atoms with Gasteiger partial charge in [0.2, 0.25) is 0 Å². The number of aliphatic hydroxyl groups is 1. The van der Waals surface area contributed by atoms with Gasteiger partial charge in [0, 0.05) is 6.07 Å². The van der Waals surface area contributed by atoms with Crippen LogP contribution in [-0.4, -0.2) is 10.3 Å². The van der Waals surface area contributed by atoms with Crippen LogP contribution < -0.4 is 0 Å². The molecule has 0 unspecified atom stereocenters. The Morgan fingerprint density at radius 2 is 2.56 bits per heavy atom. The normalized spacial score (nSPS) is 10.0. The molecule has 1 aromatic heterocycles. The molecule has 0 amide bonds. The number of alkyl halides is 1. The summed E-state index contributed by atoms with van der Waals surface area (Å²) in [7, 11) is 0. The van der Waals surface area contributed by atoms with E-state index in [1.807, 2.05) is 0 Å². The zero-order valence-corrected chi connectivity index (χ0v) is 6.26. The molecular formula is C5H6BrNO2. The molecule has 4 heteroatoms. The molecule has 0 fully saturated rings. The molecule has 0 aliphatic heterocycles. The molecule has 0 saturated heterocycles. The SMILES string of the molecule is OCc1cc(CBr)on1. The maximum Gasteiger partial charge on any atom is 0.147 e. The average Bonchev–Trinajstić information content (AvgIpc) is 2.34. The van der Waals surface area contributed by atoms with Crippen molar-refractivity contribution in [2.45, 2.75) is 11.9 Å². The molecule has 1 aromatic rings. The van der Waals surface area contributed by atoms with Crippen molar-refractivity contribution in [2.24, 2.45) is 0 Å². The minimum absolute atomic E-state index is 0.0590. The van der Waals surface area contributed by atoms with Crippen molar-refractivity contribution >= 4 is 15.9 Å². The summed E-state index contributed by atoms with van der Waals surface area (Å²) in [5, 5.41) is 12.7. The van der Waals surface area contributed by atoms with E-state index in [-0.39, 0.29) is 6.61 Å². The van der Waals surface area contributed by atoms with Crippen LogP contribution in [0.5, 0.6) is 0 Å². The van der Waals surface area contributed by atoms with Gasteiger partial charge in [-0.15, -0.1) is 0 Å². The number of aromatic nitrogens is 1. The van der Waals surface area contributed by atoms with Gasteiger partial charge in [-0.25, -0.2) is 0 Å². The van der Waals surface area contributed by atoms with Crippen molar-refractivity contribution in [3.05, 3.63) is 17.5 Å². The van der Waals surface area contributed by atoms with Gasteiger partial charge in [0.05, 0.1) is 11.9 Å². The molecule has 0 radical (unpaired) electrons. The monoisotopic (exact) mass is 191 g/mol. The van der Waals surface area contributed by atoms with E-state index in [1.54, 1.807) is 6.07 Å². The van der Waals surface area contributed by atoms with E-state index in [4.69, 9.17) is 9.63 Å².